The van der Waals surface area contributed by atoms with Crippen molar-refractivity contribution in [1.29, 1.82) is 0 Å². The largest absolute Gasteiger partial charge is 0.416 e. The predicted octanol–water partition coefficient (Wildman–Crippen LogP) is 3.41. The standard InChI is InChI=1S/C21H21F3N4O/c1-28-13-26-12-19(28)14-6-8-15(9-7-14)20(29)27-17(11-25)10-16-4-2-3-5-18(16)21(22,23)24/h2-9,12-13,17H,10-11,25H2,1H3,(H,27,29). The summed E-state index contributed by atoms with van der Waals surface area (Å²) in [5, 5.41) is 2.73. The molecule has 8 heteroatoms. The highest BCUT2D eigenvalue weighted by atomic mass is 19.4. The first kappa shape index (κ1) is 20.6. The number of alkyl halides is 3. The van der Waals surface area contributed by atoms with Crippen LogP contribution in [0.25, 0.3) is 11.3 Å². The Morgan fingerprint density at radius 1 is 1.17 bits per heavy atom. The highest BCUT2D eigenvalue weighted by Gasteiger charge is 2.33. The van der Waals surface area contributed by atoms with Crippen LogP contribution in [0.3, 0.4) is 0 Å². The molecule has 1 atom stereocenters. The van der Waals surface area contributed by atoms with Crippen LogP contribution in [-0.4, -0.2) is 28.0 Å². The first-order chi connectivity index (χ1) is 13.8. The van der Waals surface area contributed by atoms with Crippen LogP contribution < -0.4 is 11.1 Å². The lowest BCUT2D eigenvalue weighted by Gasteiger charge is -2.20. The molecule has 29 heavy (non-hydrogen) atoms. The molecule has 152 valence electrons. The van der Waals surface area contributed by atoms with Gasteiger partial charge in [0.25, 0.3) is 5.91 Å². The molecule has 0 fully saturated rings. The topological polar surface area (TPSA) is 72.9 Å². The Bertz CT molecular complexity index is 980. The van der Waals surface area contributed by atoms with Crippen LogP contribution in [0.1, 0.15) is 21.5 Å². The van der Waals surface area contributed by atoms with Gasteiger partial charge in [-0.05, 0) is 35.7 Å². The Morgan fingerprint density at radius 3 is 2.45 bits per heavy atom. The minimum atomic E-state index is -4.46. The maximum atomic E-state index is 13.2. The number of benzene rings is 2. The number of carbonyl (C=O) groups is 1. The predicted molar refractivity (Wildman–Crippen MR) is 104 cm³/mol. The van der Waals surface area contributed by atoms with Crippen molar-refractivity contribution in [3.63, 3.8) is 0 Å². The van der Waals surface area contributed by atoms with E-state index in [0.717, 1.165) is 17.3 Å². The molecular weight excluding hydrogens is 381 g/mol. The normalized spacial score (nSPS) is 12.6. The van der Waals surface area contributed by atoms with Crippen LogP contribution >= 0.6 is 0 Å². The molecule has 1 amide bonds. The van der Waals surface area contributed by atoms with Crippen molar-refractivity contribution in [2.24, 2.45) is 12.8 Å². The maximum absolute atomic E-state index is 13.2. The zero-order valence-electron chi connectivity index (χ0n) is 15.8. The third-order valence-electron chi connectivity index (χ3n) is 4.67. The van der Waals surface area contributed by atoms with Crippen LogP contribution in [-0.2, 0) is 19.6 Å². The molecule has 2 aromatic carbocycles. The first-order valence-electron chi connectivity index (χ1n) is 9.02. The van der Waals surface area contributed by atoms with Crippen molar-refractivity contribution in [2.75, 3.05) is 6.54 Å². The summed E-state index contributed by atoms with van der Waals surface area (Å²) in [6.07, 6.45) is -1.06. The zero-order valence-corrected chi connectivity index (χ0v) is 15.8. The van der Waals surface area contributed by atoms with Gasteiger partial charge in [-0.2, -0.15) is 13.2 Å². The molecular formula is C21H21F3N4O. The summed E-state index contributed by atoms with van der Waals surface area (Å²) < 4.78 is 41.4. The van der Waals surface area contributed by atoms with E-state index >= 15 is 0 Å². The third kappa shape index (κ3) is 4.83. The van der Waals surface area contributed by atoms with E-state index in [4.69, 9.17) is 5.73 Å². The summed E-state index contributed by atoms with van der Waals surface area (Å²) in [5.41, 5.74) is 7.29. The van der Waals surface area contributed by atoms with Gasteiger partial charge in [-0.1, -0.05) is 30.3 Å². The molecule has 0 saturated carbocycles. The molecule has 5 nitrogen and oxygen atoms in total. The lowest BCUT2D eigenvalue weighted by Crippen LogP contribution is -2.42. The van der Waals surface area contributed by atoms with E-state index in [2.05, 4.69) is 10.3 Å². The molecule has 0 saturated heterocycles. The highest BCUT2D eigenvalue weighted by molar-refractivity contribution is 5.94. The molecule has 0 aliphatic carbocycles. The van der Waals surface area contributed by atoms with E-state index in [1.807, 2.05) is 11.6 Å². The summed E-state index contributed by atoms with van der Waals surface area (Å²) in [6, 6.07) is 11.6. The third-order valence-corrected chi connectivity index (χ3v) is 4.67. The van der Waals surface area contributed by atoms with E-state index < -0.39 is 17.8 Å². The van der Waals surface area contributed by atoms with Gasteiger partial charge in [-0.3, -0.25) is 4.79 Å². The number of rotatable bonds is 6. The molecule has 1 aromatic heterocycles. The number of aryl methyl sites for hydroxylation is 1. The van der Waals surface area contributed by atoms with Gasteiger partial charge in [0.05, 0.1) is 23.8 Å². The fraction of sp³-hybridized carbons (Fsp3) is 0.238. The van der Waals surface area contributed by atoms with Crippen LogP contribution in [0.15, 0.2) is 61.1 Å². The van der Waals surface area contributed by atoms with E-state index in [-0.39, 0.29) is 24.4 Å². The van der Waals surface area contributed by atoms with Crippen molar-refractivity contribution in [3.8, 4) is 11.3 Å². The summed E-state index contributed by atoms with van der Waals surface area (Å²) in [5.74, 6) is -0.388. The Hall–Kier alpha value is -3.13. The average molecular weight is 402 g/mol. The number of imidazole rings is 1. The lowest BCUT2D eigenvalue weighted by molar-refractivity contribution is -0.138. The molecule has 3 aromatic rings. The number of nitrogens with zero attached hydrogens (tertiary/aromatic N) is 2. The van der Waals surface area contributed by atoms with E-state index in [1.165, 1.54) is 18.2 Å². The molecule has 1 heterocycles. The van der Waals surface area contributed by atoms with E-state index in [0.29, 0.717) is 5.56 Å². The SMILES string of the molecule is Cn1cncc1-c1ccc(C(=O)NC(CN)Cc2ccccc2C(F)(F)F)cc1. The van der Waals surface area contributed by atoms with Crippen molar-refractivity contribution < 1.29 is 18.0 Å². The summed E-state index contributed by atoms with van der Waals surface area (Å²) in [6.45, 7) is 0.0189. The van der Waals surface area contributed by atoms with Gasteiger partial charge in [-0.25, -0.2) is 4.98 Å². The molecule has 3 N–H and O–H groups in total. The van der Waals surface area contributed by atoms with Gasteiger partial charge >= 0.3 is 6.18 Å². The number of hydrogen-bond donors (Lipinski definition) is 2. The number of amides is 1. The smallest absolute Gasteiger partial charge is 0.348 e. The Labute approximate surface area is 166 Å². The number of carbonyl (C=O) groups excluding carboxylic acids is 1. The fourth-order valence-electron chi connectivity index (χ4n) is 3.13. The van der Waals surface area contributed by atoms with E-state index in [1.54, 1.807) is 36.8 Å². The van der Waals surface area contributed by atoms with Crippen LogP contribution in [0.2, 0.25) is 0 Å². The van der Waals surface area contributed by atoms with Crippen LogP contribution in [0.4, 0.5) is 13.2 Å². The minimum Gasteiger partial charge on any atom is -0.348 e. The Morgan fingerprint density at radius 2 is 1.86 bits per heavy atom. The molecule has 0 aliphatic heterocycles. The molecule has 0 aliphatic rings. The monoisotopic (exact) mass is 402 g/mol. The van der Waals surface area contributed by atoms with Crippen molar-refractivity contribution >= 4 is 5.91 Å². The zero-order chi connectivity index (χ0) is 21.0. The molecule has 0 radical (unpaired) electrons. The number of hydrogen-bond acceptors (Lipinski definition) is 3. The second kappa shape index (κ2) is 8.48. The second-order valence-corrected chi connectivity index (χ2v) is 6.73. The molecule has 0 spiro atoms. The summed E-state index contributed by atoms with van der Waals surface area (Å²) in [7, 11) is 1.87. The Kier molecular flexibility index (Phi) is 6.03. The Balaban J connectivity index is 1.72. The number of nitrogens with two attached hydrogens (primary N) is 1. The van der Waals surface area contributed by atoms with Gasteiger partial charge in [-0.15, -0.1) is 0 Å². The molecule has 1 unspecified atom stereocenters. The van der Waals surface area contributed by atoms with E-state index in [9.17, 15) is 18.0 Å². The highest BCUT2D eigenvalue weighted by Crippen LogP contribution is 2.32. The quantitative estimate of drug-likeness (QED) is 0.664. The average Bonchev–Trinajstić information content (AvgIpc) is 3.13. The number of nitrogens with one attached hydrogen (secondary N) is 1. The maximum Gasteiger partial charge on any atom is 0.416 e. The van der Waals surface area contributed by atoms with Gasteiger partial charge in [0.15, 0.2) is 0 Å². The minimum absolute atomic E-state index is 0.00890. The summed E-state index contributed by atoms with van der Waals surface area (Å²) >= 11 is 0. The van der Waals surface area contributed by atoms with Crippen molar-refractivity contribution in [1.82, 2.24) is 14.9 Å². The van der Waals surface area contributed by atoms with Gasteiger partial charge in [0, 0.05) is 25.2 Å². The molecule has 3 rings (SSSR count). The first-order valence-corrected chi connectivity index (χ1v) is 9.02. The second-order valence-electron chi connectivity index (χ2n) is 6.73. The summed E-state index contributed by atoms with van der Waals surface area (Å²) in [4.78, 5) is 16.6. The van der Waals surface area contributed by atoms with Gasteiger partial charge < -0.3 is 15.6 Å². The fourth-order valence-corrected chi connectivity index (χ4v) is 3.13. The molecule has 0 bridgehead atoms. The van der Waals surface area contributed by atoms with Crippen LogP contribution in [0.5, 0.6) is 0 Å². The van der Waals surface area contributed by atoms with Gasteiger partial charge in [0.1, 0.15) is 0 Å². The van der Waals surface area contributed by atoms with Crippen LogP contribution in [0, 0.1) is 0 Å². The number of halogens is 3. The lowest BCUT2D eigenvalue weighted by atomic mass is 9.99. The van der Waals surface area contributed by atoms with Crippen molar-refractivity contribution in [2.45, 2.75) is 18.6 Å². The van der Waals surface area contributed by atoms with Gasteiger partial charge in [0.2, 0.25) is 0 Å². The van der Waals surface area contributed by atoms with Crippen molar-refractivity contribution in [3.05, 3.63) is 77.7 Å². The number of aromatic nitrogens is 2.